The van der Waals surface area contributed by atoms with E-state index in [9.17, 15) is 14.7 Å². The maximum Gasteiger partial charge on any atom is 0.317 e. The molecule has 2 heterocycles. The summed E-state index contributed by atoms with van der Waals surface area (Å²) in [5, 5.41) is 12.7. The summed E-state index contributed by atoms with van der Waals surface area (Å²) in [6.07, 6.45) is 10.2. The Bertz CT molecular complexity index is 1160. The third-order valence-electron chi connectivity index (χ3n) is 12.6. The van der Waals surface area contributed by atoms with E-state index < -0.39 is 22.0 Å². The Kier molecular flexibility index (Phi) is 5.27. The number of hydrogen-bond acceptors (Lipinski definition) is 6. The minimum atomic E-state index is -1.30. The lowest BCUT2D eigenvalue weighted by atomic mass is 9.43. The highest BCUT2D eigenvalue weighted by Crippen LogP contribution is 2.76. The van der Waals surface area contributed by atoms with Crippen LogP contribution in [0, 0.1) is 27.6 Å². The Morgan fingerprint density at radius 3 is 2.32 bits per heavy atom. The summed E-state index contributed by atoms with van der Waals surface area (Å²) in [6.45, 7) is 16.6. The van der Waals surface area contributed by atoms with Gasteiger partial charge in [-0.15, -0.1) is 0 Å². The number of allylic oxidation sites excluding steroid dienone is 4. The van der Waals surface area contributed by atoms with Crippen molar-refractivity contribution in [2.75, 3.05) is 0 Å². The second-order valence-electron chi connectivity index (χ2n) is 15.1. The van der Waals surface area contributed by atoms with E-state index in [1.54, 1.807) is 0 Å². The molecule has 8 atom stereocenters. The molecule has 2 aliphatic heterocycles. The number of cyclic esters (lactones) is 1. The molecule has 0 aromatic carbocycles. The summed E-state index contributed by atoms with van der Waals surface area (Å²) in [6, 6.07) is 0. The zero-order chi connectivity index (χ0) is 27.7. The van der Waals surface area contributed by atoms with Crippen molar-refractivity contribution in [3.8, 4) is 0 Å². The van der Waals surface area contributed by atoms with Crippen molar-refractivity contribution in [3.63, 3.8) is 0 Å². The molecule has 0 radical (unpaired) electrons. The van der Waals surface area contributed by atoms with Crippen LogP contribution in [0.5, 0.6) is 0 Å². The molecule has 2 saturated carbocycles. The Hall–Kier alpha value is -1.66. The van der Waals surface area contributed by atoms with Crippen LogP contribution >= 0.6 is 0 Å². The van der Waals surface area contributed by atoms with Gasteiger partial charge in [-0.1, -0.05) is 39.8 Å². The summed E-state index contributed by atoms with van der Waals surface area (Å²) >= 11 is 0. The predicted octanol–water partition coefficient (Wildman–Crippen LogP) is 5.81. The molecule has 4 fully saturated rings. The lowest BCUT2D eigenvalue weighted by molar-refractivity contribution is -0.201. The second-order valence-corrected chi connectivity index (χ2v) is 15.1. The standard InChI is InChI=1S/C32H46O6/c1-19(33)36-23-13-15-28(6)20-11-16-31-25(34)38-30(8,24-12-14-26(2,3)37-24)32(31,35)18-17-29(31,7)21(20)9-10-22(28)27(23,4)5/h9,11,22-24,35H,10,12-18H2,1-8H3. The zero-order valence-corrected chi connectivity index (χ0v) is 24.5. The van der Waals surface area contributed by atoms with Crippen LogP contribution < -0.4 is 0 Å². The summed E-state index contributed by atoms with van der Waals surface area (Å²) in [4.78, 5) is 26.0. The Morgan fingerprint density at radius 2 is 1.68 bits per heavy atom. The van der Waals surface area contributed by atoms with Gasteiger partial charge >= 0.3 is 11.9 Å². The van der Waals surface area contributed by atoms with Gasteiger partial charge in [0.25, 0.3) is 0 Å². The molecule has 1 N–H and O–H groups in total. The first-order chi connectivity index (χ1) is 17.5. The highest BCUT2D eigenvalue weighted by Gasteiger charge is 2.84. The van der Waals surface area contributed by atoms with E-state index in [1.165, 1.54) is 18.1 Å². The fraction of sp³-hybridized carbons (Fsp3) is 0.812. The number of esters is 2. The molecular weight excluding hydrogens is 480 g/mol. The first kappa shape index (κ1) is 26.6. The van der Waals surface area contributed by atoms with Crippen LogP contribution in [0.1, 0.15) is 107 Å². The number of ether oxygens (including phenoxy) is 3. The summed E-state index contributed by atoms with van der Waals surface area (Å²) in [5.74, 6) is -0.165. The van der Waals surface area contributed by atoms with Gasteiger partial charge in [0.1, 0.15) is 23.2 Å². The Morgan fingerprint density at radius 1 is 0.974 bits per heavy atom. The molecule has 0 aromatic rings. The molecule has 4 aliphatic carbocycles. The van der Waals surface area contributed by atoms with Crippen molar-refractivity contribution in [2.24, 2.45) is 27.6 Å². The van der Waals surface area contributed by atoms with Crippen molar-refractivity contribution < 1.29 is 28.9 Å². The van der Waals surface area contributed by atoms with Gasteiger partial charge in [-0.2, -0.15) is 0 Å². The highest BCUT2D eigenvalue weighted by molar-refractivity contribution is 5.87. The number of fused-ring (bicyclic) bond motifs is 4. The van der Waals surface area contributed by atoms with Crippen molar-refractivity contribution in [2.45, 2.75) is 136 Å². The maximum absolute atomic E-state index is 14.1. The molecule has 2 saturated heterocycles. The van der Waals surface area contributed by atoms with E-state index in [4.69, 9.17) is 14.2 Å². The van der Waals surface area contributed by atoms with E-state index >= 15 is 0 Å². The van der Waals surface area contributed by atoms with Gasteiger partial charge in [0, 0.05) is 17.8 Å². The largest absolute Gasteiger partial charge is 0.462 e. The molecule has 8 unspecified atom stereocenters. The van der Waals surface area contributed by atoms with Gasteiger partial charge < -0.3 is 19.3 Å². The van der Waals surface area contributed by atoms with Gasteiger partial charge in [0.15, 0.2) is 5.60 Å². The Balaban J connectivity index is 1.42. The first-order valence-electron chi connectivity index (χ1n) is 14.7. The minimum Gasteiger partial charge on any atom is -0.462 e. The van der Waals surface area contributed by atoms with Gasteiger partial charge in [-0.05, 0) is 94.6 Å². The summed E-state index contributed by atoms with van der Waals surface area (Å²) in [7, 11) is 0. The third-order valence-corrected chi connectivity index (χ3v) is 12.6. The number of rotatable bonds is 2. The highest BCUT2D eigenvalue weighted by atomic mass is 16.6. The lowest BCUT2D eigenvalue weighted by Gasteiger charge is -2.60. The van der Waals surface area contributed by atoms with Gasteiger partial charge in [-0.3, -0.25) is 9.59 Å². The first-order valence-corrected chi connectivity index (χ1v) is 14.7. The van der Waals surface area contributed by atoms with Crippen molar-refractivity contribution >= 4 is 11.9 Å². The van der Waals surface area contributed by atoms with Gasteiger partial charge in [-0.25, -0.2) is 0 Å². The molecule has 6 nitrogen and oxygen atoms in total. The number of carbonyl (C=O) groups is 2. The van der Waals surface area contributed by atoms with Crippen molar-refractivity contribution in [3.05, 3.63) is 23.3 Å². The molecule has 6 rings (SSSR count). The van der Waals surface area contributed by atoms with Crippen LogP contribution in [0.15, 0.2) is 23.3 Å². The topological polar surface area (TPSA) is 82.1 Å². The van der Waals surface area contributed by atoms with E-state index in [-0.39, 0.29) is 40.6 Å². The molecule has 1 spiro atoms. The fourth-order valence-corrected chi connectivity index (χ4v) is 10.4. The molecule has 38 heavy (non-hydrogen) atoms. The molecule has 6 aliphatic rings. The molecule has 6 heteroatoms. The second kappa shape index (κ2) is 7.54. The van der Waals surface area contributed by atoms with Crippen LogP contribution in [0.4, 0.5) is 0 Å². The normalized spacial score (nSPS) is 50.1. The van der Waals surface area contributed by atoms with Crippen LogP contribution in [-0.4, -0.2) is 46.1 Å². The monoisotopic (exact) mass is 526 g/mol. The number of hydrogen-bond donors (Lipinski definition) is 1. The average molecular weight is 527 g/mol. The number of carbonyl (C=O) groups excluding carboxylic acids is 2. The molecule has 0 amide bonds. The van der Waals surface area contributed by atoms with Crippen LogP contribution in [0.25, 0.3) is 0 Å². The quantitative estimate of drug-likeness (QED) is 0.457. The van der Waals surface area contributed by atoms with E-state index in [1.807, 2.05) is 6.92 Å². The lowest BCUT2D eigenvalue weighted by Crippen LogP contribution is -2.64. The molecular formula is C32H46O6. The third kappa shape index (κ3) is 2.87. The van der Waals surface area contributed by atoms with Crippen molar-refractivity contribution in [1.82, 2.24) is 0 Å². The average Bonchev–Trinajstić information content (AvgIpc) is 3.36. The fourth-order valence-electron chi connectivity index (χ4n) is 10.4. The van der Waals surface area contributed by atoms with E-state index in [0.717, 1.165) is 38.5 Å². The smallest absolute Gasteiger partial charge is 0.317 e. The summed E-state index contributed by atoms with van der Waals surface area (Å²) < 4.78 is 18.5. The molecule has 0 aromatic heterocycles. The van der Waals surface area contributed by atoms with Crippen LogP contribution in [0.3, 0.4) is 0 Å². The predicted molar refractivity (Wildman–Crippen MR) is 143 cm³/mol. The molecule has 0 bridgehead atoms. The maximum atomic E-state index is 14.1. The number of aliphatic hydroxyl groups is 1. The SMILES string of the molecule is CC(=O)OC1CCC2(C)C3=CCC45C(=O)OC(C)(C6CCC(C)(C)O6)C4(O)CCC5(C)C3=CCC2C1(C)C. The van der Waals surface area contributed by atoms with Crippen LogP contribution in [-0.2, 0) is 23.8 Å². The molecule has 210 valence electrons. The van der Waals surface area contributed by atoms with E-state index in [0.29, 0.717) is 18.8 Å². The van der Waals surface area contributed by atoms with Gasteiger partial charge in [0.2, 0.25) is 0 Å². The van der Waals surface area contributed by atoms with Gasteiger partial charge in [0.05, 0.1) is 5.60 Å². The van der Waals surface area contributed by atoms with E-state index in [2.05, 4.69) is 53.7 Å². The summed E-state index contributed by atoms with van der Waals surface area (Å²) in [5.41, 5.74) is -1.90. The Labute approximate surface area is 227 Å². The van der Waals surface area contributed by atoms with Crippen molar-refractivity contribution in [1.29, 1.82) is 0 Å². The minimum absolute atomic E-state index is 0.0834. The van der Waals surface area contributed by atoms with Crippen LogP contribution in [0.2, 0.25) is 0 Å². The zero-order valence-electron chi connectivity index (χ0n) is 24.5.